The smallest absolute Gasteiger partial charge is 0.328 e. The molecule has 0 spiro atoms. The van der Waals surface area contributed by atoms with Crippen LogP contribution in [0.25, 0.3) is 6.08 Å². The summed E-state index contributed by atoms with van der Waals surface area (Å²) in [6, 6.07) is 5.14. The predicted molar refractivity (Wildman–Crippen MR) is 77.9 cm³/mol. The van der Waals surface area contributed by atoms with Crippen molar-refractivity contribution in [3.05, 3.63) is 51.9 Å². The molecule has 0 aromatic carbocycles. The fourth-order valence-electron chi connectivity index (χ4n) is 1.56. The second kappa shape index (κ2) is 6.12. The van der Waals surface area contributed by atoms with Crippen molar-refractivity contribution in [3.63, 3.8) is 0 Å². The molecule has 2 heterocycles. The third-order valence-corrected chi connectivity index (χ3v) is 3.53. The SMILES string of the molecule is Cc1ccsc1C(=O)Nc1cc(/C=C/C(=O)O)ccn1. The number of hydrogen-bond acceptors (Lipinski definition) is 4. The lowest BCUT2D eigenvalue weighted by molar-refractivity contribution is -0.131. The van der Waals surface area contributed by atoms with Gasteiger partial charge in [-0.15, -0.1) is 11.3 Å². The zero-order valence-electron chi connectivity index (χ0n) is 10.7. The number of hydrogen-bond donors (Lipinski definition) is 2. The number of rotatable bonds is 4. The normalized spacial score (nSPS) is 10.7. The third kappa shape index (κ3) is 3.52. The molecule has 20 heavy (non-hydrogen) atoms. The number of carbonyl (C=O) groups is 2. The van der Waals surface area contributed by atoms with Crippen molar-refractivity contribution in [2.24, 2.45) is 0 Å². The highest BCUT2D eigenvalue weighted by molar-refractivity contribution is 7.12. The Morgan fingerprint density at radius 1 is 1.40 bits per heavy atom. The van der Waals surface area contributed by atoms with Crippen molar-refractivity contribution < 1.29 is 14.7 Å². The Balaban J connectivity index is 2.14. The van der Waals surface area contributed by atoms with Crippen molar-refractivity contribution >= 4 is 35.1 Å². The number of carbonyl (C=O) groups excluding carboxylic acids is 1. The first-order chi connectivity index (χ1) is 9.56. The van der Waals surface area contributed by atoms with Crippen LogP contribution >= 0.6 is 11.3 Å². The van der Waals surface area contributed by atoms with Gasteiger partial charge in [-0.1, -0.05) is 0 Å². The fourth-order valence-corrected chi connectivity index (χ4v) is 2.39. The molecule has 2 aromatic rings. The van der Waals surface area contributed by atoms with Gasteiger partial charge in [0, 0.05) is 12.3 Å². The first-order valence-corrected chi connectivity index (χ1v) is 6.67. The second-order valence-electron chi connectivity index (χ2n) is 4.03. The van der Waals surface area contributed by atoms with Crippen molar-refractivity contribution in [1.82, 2.24) is 4.98 Å². The molecule has 0 aliphatic rings. The van der Waals surface area contributed by atoms with E-state index in [0.717, 1.165) is 11.6 Å². The Morgan fingerprint density at radius 3 is 2.85 bits per heavy atom. The maximum absolute atomic E-state index is 12.0. The van der Waals surface area contributed by atoms with E-state index in [-0.39, 0.29) is 5.91 Å². The molecule has 0 saturated carbocycles. The van der Waals surface area contributed by atoms with Gasteiger partial charge < -0.3 is 10.4 Å². The van der Waals surface area contributed by atoms with Gasteiger partial charge in [0.1, 0.15) is 5.82 Å². The molecule has 0 atom stereocenters. The number of aryl methyl sites for hydroxylation is 1. The summed E-state index contributed by atoms with van der Waals surface area (Å²) in [6.07, 6.45) is 3.98. The summed E-state index contributed by atoms with van der Waals surface area (Å²) in [6.45, 7) is 1.87. The summed E-state index contributed by atoms with van der Waals surface area (Å²) in [5.74, 6) is -0.860. The molecular formula is C14H12N2O3S. The van der Waals surface area contributed by atoms with Crippen LogP contribution in [0.3, 0.4) is 0 Å². The Hall–Kier alpha value is -2.47. The molecule has 0 saturated heterocycles. The number of carboxylic acids is 1. The molecule has 0 aliphatic carbocycles. The summed E-state index contributed by atoms with van der Waals surface area (Å²) < 4.78 is 0. The quantitative estimate of drug-likeness (QED) is 0.848. The summed E-state index contributed by atoms with van der Waals surface area (Å²) in [4.78, 5) is 27.2. The maximum Gasteiger partial charge on any atom is 0.328 e. The molecule has 6 heteroatoms. The highest BCUT2D eigenvalue weighted by Crippen LogP contribution is 2.17. The number of aliphatic carboxylic acids is 1. The zero-order valence-corrected chi connectivity index (χ0v) is 11.5. The standard InChI is InChI=1S/C14H12N2O3S/c1-9-5-7-20-13(9)14(19)16-11-8-10(4-6-15-11)2-3-12(17)18/h2-8H,1H3,(H,17,18)(H,15,16,19)/b3-2+. The summed E-state index contributed by atoms with van der Waals surface area (Å²) in [5.41, 5.74) is 1.56. The highest BCUT2D eigenvalue weighted by Gasteiger charge is 2.11. The molecule has 0 radical (unpaired) electrons. The van der Waals surface area contributed by atoms with Gasteiger partial charge in [-0.05, 0) is 47.7 Å². The predicted octanol–water partition coefficient (Wildman–Crippen LogP) is 2.80. The summed E-state index contributed by atoms with van der Waals surface area (Å²) in [7, 11) is 0. The van der Waals surface area contributed by atoms with Crippen molar-refractivity contribution in [1.29, 1.82) is 0 Å². The molecule has 5 nitrogen and oxygen atoms in total. The van der Waals surface area contributed by atoms with Gasteiger partial charge in [-0.3, -0.25) is 4.79 Å². The lowest BCUT2D eigenvalue weighted by Gasteiger charge is -2.04. The number of aromatic nitrogens is 1. The van der Waals surface area contributed by atoms with Crippen LogP contribution in [-0.4, -0.2) is 22.0 Å². The van der Waals surface area contributed by atoms with Crippen LogP contribution in [0.1, 0.15) is 20.8 Å². The number of nitrogens with zero attached hydrogens (tertiary/aromatic N) is 1. The number of carboxylic acid groups (broad SMARTS) is 1. The highest BCUT2D eigenvalue weighted by atomic mass is 32.1. The second-order valence-corrected chi connectivity index (χ2v) is 4.95. The number of amides is 1. The van der Waals surface area contributed by atoms with Gasteiger partial charge in [0.25, 0.3) is 5.91 Å². The van der Waals surface area contributed by atoms with Gasteiger partial charge in [0.2, 0.25) is 0 Å². The molecule has 0 fully saturated rings. The first-order valence-electron chi connectivity index (χ1n) is 5.79. The van der Waals surface area contributed by atoms with Gasteiger partial charge in [0.05, 0.1) is 4.88 Å². The third-order valence-electron chi connectivity index (χ3n) is 2.51. The van der Waals surface area contributed by atoms with Gasteiger partial charge in [-0.25, -0.2) is 9.78 Å². The molecule has 0 bridgehead atoms. The van der Waals surface area contributed by atoms with E-state index in [1.54, 1.807) is 12.1 Å². The summed E-state index contributed by atoms with van der Waals surface area (Å²) in [5, 5.41) is 13.1. The number of anilines is 1. The number of nitrogens with one attached hydrogen (secondary N) is 1. The van der Waals surface area contributed by atoms with Crippen molar-refractivity contribution in [3.8, 4) is 0 Å². The number of pyridine rings is 1. The van der Waals surface area contributed by atoms with Crippen LogP contribution in [0.15, 0.2) is 35.9 Å². The Kier molecular flexibility index (Phi) is 4.27. The average Bonchev–Trinajstić information content (AvgIpc) is 2.83. The molecule has 1 amide bonds. The monoisotopic (exact) mass is 288 g/mol. The van der Waals surface area contributed by atoms with E-state index in [9.17, 15) is 9.59 Å². The molecule has 0 aliphatic heterocycles. The van der Waals surface area contributed by atoms with Gasteiger partial charge in [-0.2, -0.15) is 0 Å². The van der Waals surface area contributed by atoms with Crippen molar-refractivity contribution in [2.45, 2.75) is 6.92 Å². The van der Waals surface area contributed by atoms with E-state index in [1.165, 1.54) is 23.6 Å². The van der Waals surface area contributed by atoms with Crippen LogP contribution in [0.2, 0.25) is 0 Å². The van der Waals surface area contributed by atoms with Gasteiger partial charge in [0.15, 0.2) is 0 Å². The Bertz CT molecular complexity index is 677. The van der Waals surface area contributed by atoms with E-state index in [1.807, 2.05) is 18.4 Å². The maximum atomic E-state index is 12.0. The topological polar surface area (TPSA) is 79.3 Å². The largest absolute Gasteiger partial charge is 0.478 e. The van der Waals surface area contributed by atoms with Crippen molar-refractivity contribution in [2.75, 3.05) is 5.32 Å². The van der Waals surface area contributed by atoms with Crippen LogP contribution < -0.4 is 5.32 Å². The summed E-state index contributed by atoms with van der Waals surface area (Å²) >= 11 is 1.36. The number of thiophene rings is 1. The Labute approximate surface area is 119 Å². The van der Waals surface area contributed by atoms with E-state index in [4.69, 9.17) is 5.11 Å². The lowest BCUT2D eigenvalue weighted by atomic mass is 10.2. The first kappa shape index (κ1) is 14.0. The van der Waals surface area contributed by atoms with E-state index < -0.39 is 5.97 Å². The zero-order chi connectivity index (χ0) is 14.5. The van der Waals surface area contributed by atoms with Crippen LogP contribution in [0.4, 0.5) is 5.82 Å². The van der Waals surface area contributed by atoms with Gasteiger partial charge >= 0.3 is 5.97 Å². The minimum Gasteiger partial charge on any atom is -0.478 e. The average molecular weight is 288 g/mol. The Morgan fingerprint density at radius 2 is 2.20 bits per heavy atom. The molecule has 2 N–H and O–H groups in total. The molecular weight excluding hydrogens is 276 g/mol. The van der Waals surface area contributed by atoms with Crippen LogP contribution in [-0.2, 0) is 4.79 Å². The molecule has 2 aromatic heterocycles. The minimum absolute atomic E-state index is 0.218. The minimum atomic E-state index is -1.03. The molecule has 2 rings (SSSR count). The molecule has 0 unspecified atom stereocenters. The lowest BCUT2D eigenvalue weighted by Crippen LogP contribution is -2.12. The van der Waals surface area contributed by atoms with E-state index >= 15 is 0 Å². The van der Waals surface area contributed by atoms with E-state index in [2.05, 4.69) is 10.3 Å². The van der Waals surface area contributed by atoms with Crippen LogP contribution in [0, 0.1) is 6.92 Å². The molecule has 102 valence electrons. The fraction of sp³-hybridized carbons (Fsp3) is 0.0714. The van der Waals surface area contributed by atoms with E-state index in [0.29, 0.717) is 16.3 Å². The van der Waals surface area contributed by atoms with Crippen LogP contribution in [0.5, 0.6) is 0 Å².